The van der Waals surface area contributed by atoms with E-state index in [4.69, 9.17) is 0 Å². The average molecular weight is 585 g/mol. The summed E-state index contributed by atoms with van der Waals surface area (Å²) < 4.78 is 0. The summed E-state index contributed by atoms with van der Waals surface area (Å²) in [5, 5.41) is 0. The van der Waals surface area contributed by atoms with Crippen molar-refractivity contribution in [2.24, 2.45) is 0 Å². The highest BCUT2D eigenvalue weighted by Gasteiger charge is 2.43. The maximum atomic E-state index is 2.57. The van der Waals surface area contributed by atoms with Crippen molar-refractivity contribution in [3.63, 3.8) is 0 Å². The second-order valence-electron chi connectivity index (χ2n) is 14.2. The molecule has 2 aliphatic heterocycles. The quantitative estimate of drug-likeness (QED) is 0.130. The minimum atomic E-state index is 0.0249. The molecule has 5 aromatic rings. The van der Waals surface area contributed by atoms with E-state index in [2.05, 4.69) is 148 Å². The highest BCUT2D eigenvalue weighted by atomic mass is 15.2. The van der Waals surface area contributed by atoms with Gasteiger partial charge in [-0.1, -0.05) is 174 Å². The van der Waals surface area contributed by atoms with Crippen LogP contribution in [0.25, 0.3) is 0 Å². The van der Waals surface area contributed by atoms with E-state index in [1.165, 1.54) is 106 Å². The molecule has 0 N–H and O–H groups in total. The first kappa shape index (κ1) is 29.7. The Kier molecular flexibility index (Phi) is 8.21. The second kappa shape index (κ2) is 12.4. The predicted octanol–water partition coefficient (Wildman–Crippen LogP) is 7.02. The van der Waals surface area contributed by atoms with Crippen LogP contribution in [0.15, 0.2) is 115 Å². The SMILES string of the molecule is CCCCCCCCc1ccc(B2c3ccccc3N3c4ccccc4B(c4ccccc4)c4cc(C(C)(C)C)cc2c43)cc1. The van der Waals surface area contributed by atoms with Gasteiger partial charge in [0.2, 0.25) is 13.4 Å². The fourth-order valence-electron chi connectivity index (χ4n) is 7.74. The number of fused-ring (bicyclic) bond motifs is 4. The standard InChI is InChI=1S/C42H45B2N/c1-5-6-7-8-9-11-18-31-25-27-34(28-26-31)44-36-22-15-17-24-40(36)45-39-23-16-14-21-35(39)43(33-19-12-10-13-20-33)37-29-32(42(2,3)4)30-38(44)41(37)45/h10,12-17,19-30H,5-9,11,18H2,1-4H3. The van der Waals surface area contributed by atoms with E-state index in [1.54, 1.807) is 0 Å². The highest BCUT2D eigenvalue weighted by Crippen LogP contribution is 2.38. The highest BCUT2D eigenvalue weighted by molar-refractivity contribution is 7.02. The largest absolute Gasteiger partial charge is 0.313 e. The van der Waals surface area contributed by atoms with E-state index in [1.807, 2.05) is 0 Å². The zero-order valence-corrected chi connectivity index (χ0v) is 27.5. The Morgan fingerprint density at radius 2 is 1.04 bits per heavy atom. The molecule has 0 unspecified atom stereocenters. The Bertz CT molecular complexity index is 1780. The molecule has 0 atom stereocenters. The fraction of sp³-hybridized carbons (Fsp3) is 0.286. The van der Waals surface area contributed by atoms with Gasteiger partial charge in [0.15, 0.2) is 0 Å². The minimum Gasteiger partial charge on any atom is -0.313 e. The van der Waals surface area contributed by atoms with Crippen LogP contribution in [0.5, 0.6) is 0 Å². The predicted molar refractivity (Wildman–Crippen MR) is 199 cm³/mol. The van der Waals surface area contributed by atoms with Crippen molar-refractivity contribution < 1.29 is 0 Å². The van der Waals surface area contributed by atoms with Crippen molar-refractivity contribution in [2.45, 2.75) is 78.1 Å². The summed E-state index contributed by atoms with van der Waals surface area (Å²) in [7, 11) is 0. The Labute approximate surface area is 271 Å². The van der Waals surface area contributed by atoms with Crippen molar-refractivity contribution >= 4 is 63.3 Å². The number of unbranched alkanes of at least 4 members (excludes halogenated alkanes) is 5. The van der Waals surface area contributed by atoms with Gasteiger partial charge < -0.3 is 4.90 Å². The number of aryl methyl sites for hydroxylation is 1. The van der Waals surface area contributed by atoms with Crippen molar-refractivity contribution in [3.05, 3.63) is 126 Å². The van der Waals surface area contributed by atoms with Gasteiger partial charge in [0.25, 0.3) is 0 Å². The van der Waals surface area contributed by atoms with Gasteiger partial charge in [0.05, 0.1) is 0 Å². The molecule has 5 aromatic carbocycles. The normalized spacial score (nSPS) is 13.4. The summed E-state index contributed by atoms with van der Waals surface area (Å²) in [6, 6.07) is 44.0. The number of hydrogen-bond acceptors (Lipinski definition) is 1. The summed E-state index contributed by atoms with van der Waals surface area (Å²) in [5.41, 5.74) is 15.2. The van der Waals surface area contributed by atoms with Crippen molar-refractivity contribution in [1.82, 2.24) is 0 Å². The summed E-state index contributed by atoms with van der Waals surface area (Å²) in [6.07, 6.45) is 9.21. The number of rotatable bonds is 9. The molecule has 45 heavy (non-hydrogen) atoms. The van der Waals surface area contributed by atoms with Crippen LogP contribution in [0.1, 0.15) is 77.3 Å². The van der Waals surface area contributed by atoms with Crippen LogP contribution in [-0.4, -0.2) is 13.4 Å². The Hall–Kier alpha value is -3.97. The van der Waals surface area contributed by atoms with Crippen LogP contribution < -0.4 is 37.7 Å². The van der Waals surface area contributed by atoms with Gasteiger partial charge in [-0.25, -0.2) is 0 Å². The summed E-state index contributed by atoms with van der Waals surface area (Å²) in [4.78, 5) is 2.57. The Morgan fingerprint density at radius 1 is 0.533 bits per heavy atom. The lowest BCUT2D eigenvalue weighted by atomic mass is 9.30. The lowest BCUT2D eigenvalue weighted by molar-refractivity contribution is 0.591. The van der Waals surface area contributed by atoms with E-state index in [0.717, 1.165) is 0 Å². The first-order valence-electron chi connectivity index (χ1n) is 17.3. The third-order valence-electron chi connectivity index (χ3n) is 10.1. The smallest absolute Gasteiger partial charge is 0.246 e. The van der Waals surface area contributed by atoms with Crippen LogP contribution in [0.3, 0.4) is 0 Å². The number of para-hydroxylation sites is 2. The zero-order valence-electron chi connectivity index (χ0n) is 27.5. The van der Waals surface area contributed by atoms with Gasteiger partial charge in [-0.2, -0.15) is 0 Å². The number of anilines is 3. The second-order valence-corrected chi connectivity index (χ2v) is 14.2. The molecule has 1 nitrogen and oxygen atoms in total. The monoisotopic (exact) mass is 585 g/mol. The molecule has 0 spiro atoms. The molecular formula is C42H45B2N. The maximum absolute atomic E-state index is 2.57. The van der Waals surface area contributed by atoms with Crippen LogP contribution >= 0.6 is 0 Å². The molecule has 3 heteroatoms. The Morgan fingerprint density at radius 3 is 1.62 bits per heavy atom. The molecule has 0 saturated heterocycles. The lowest BCUT2D eigenvalue weighted by Crippen LogP contribution is -2.65. The van der Waals surface area contributed by atoms with E-state index >= 15 is 0 Å². The fourth-order valence-corrected chi connectivity index (χ4v) is 7.74. The minimum absolute atomic E-state index is 0.0249. The van der Waals surface area contributed by atoms with Crippen LogP contribution in [0.2, 0.25) is 0 Å². The topological polar surface area (TPSA) is 3.24 Å². The third kappa shape index (κ3) is 5.56. The molecule has 0 fully saturated rings. The van der Waals surface area contributed by atoms with Crippen LogP contribution in [0.4, 0.5) is 17.1 Å². The van der Waals surface area contributed by atoms with E-state index in [-0.39, 0.29) is 18.8 Å². The van der Waals surface area contributed by atoms with Gasteiger partial charge in [-0.15, -0.1) is 0 Å². The first-order chi connectivity index (χ1) is 22.0. The van der Waals surface area contributed by atoms with Gasteiger partial charge in [0, 0.05) is 17.1 Å². The summed E-state index contributed by atoms with van der Waals surface area (Å²) in [5.74, 6) is 0. The van der Waals surface area contributed by atoms with Crippen molar-refractivity contribution in [1.29, 1.82) is 0 Å². The van der Waals surface area contributed by atoms with Crippen LogP contribution in [-0.2, 0) is 11.8 Å². The maximum Gasteiger partial charge on any atom is 0.246 e. The molecule has 0 radical (unpaired) electrons. The molecule has 0 bridgehead atoms. The molecular weight excluding hydrogens is 540 g/mol. The summed E-state index contributed by atoms with van der Waals surface area (Å²) >= 11 is 0. The van der Waals surface area contributed by atoms with E-state index in [0.29, 0.717) is 0 Å². The molecule has 0 amide bonds. The average Bonchev–Trinajstić information content (AvgIpc) is 3.06. The molecule has 7 rings (SSSR count). The van der Waals surface area contributed by atoms with Gasteiger partial charge in [0.1, 0.15) is 0 Å². The zero-order chi connectivity index (χ0) is 31.0. The first-order valence-corrected chi connectivity index (χ1v) is 17.3. The van der Waals surface area contributed by atoms with Crippen LogP contribution in [0, 0.1) is 0 Å². The van der Waals surface area contributed by atoms with Crippen molar-refractivity contribution in [2.75, 3.05) is 4.90 Å². The lowest BCUT2D eigenvalue weighted by Gasteiger charge is -2.44. The molecule has 0 aliphatic carbocycles. The molecule has 0 aromatic heterocycles. The van der Waals surface area contributed by atoms with Gasteiger partial charge in [-0.3, -0.25) is 0 Å². The third-order valence-corrected chi connectivity index (χ3v) is 10.1. The van der Waals surface area contributed by atoms with Crippen molar-refractivity contribution in [3.8, 4) is 0 Å². The molecule has 224 valence electrons. The van der Waals surface area contributed by atoms with E-state index in [9.17, 15) is 0 Å². The van der Waals surface area contributed by atoms with E-state index < -0.39 is 0 Å². The summed E-state index contributed by atoms with van der Waals surface area (Å²) in [6.45, 7) is 9.72. The van der Waals surface area contributed by atoms with Gasteiger partial charge >= 0.3 is 0 Å². The Balaban J connectivity index is 1.38. The number of benzene rings is 5. The molecule has 2 aliphatic rings. The molecule has 2 heterocycles. The number of hydrogen-bond donors (Lipinski definition) is 0. The number of nitrogens with zero attached hydrogens (tertiary/aromatic N) is 1. The van der Waals surface area contributed by atoms with Gasteiger partial charge in [-0.05, 0) is 63.4 Å². The molecule has 0 saturated carbocycles.